The molecule has 2 aromatic rings. The Kier molecular flexibility index (Phi) is 5.86. The van der Waals surface area contributed by atoms with Gasteiger partial charge in [0.2, 0.25) is 9.47 Å². The van der Waals surface area contributed by atoms with Crippen LogP contribution in [-0.2, 0) is 10.0 Å². The Morgan fingerprint density at radius 1 is 1.25 bits per heavy atom. The molecule has 0 saturated heterocycles. The van der Waals surface area contributed by atoms with Crippen molar-refractivity contribution in [2.24, 2.45) is 0 Å². The number of anilines is 1. The van der Waals surface area contributed by atoms with Gasteiger partial charge in [0.05, 0.1) is 12.7 Å². The van der Waals surface area contributed by atoms with Gasteiger partial charge in [-0.25, -0.2) is 8.42 Å². The highest BCUT2D eigenvalue weighted by molar-refractivity contribution is 7.91. The number of carbonyl (C=O) groups excluding carboxylic acids is 1. The average Bonchev–Trinajstić information content (AvgIpc) is 3.05. The molecular formula is C14H18N4O4S2. The van der Waals surface area contributed by atoms with Gasteiger partial charge in [0, 0.05) is 13.1 Å². The number of methoxy groups -OCH3 is 1. The number of hydrogen-bond acceptors (Lipinski definition) is 7. The highest BCUT2D eigenvalue weighted by Gasteiger charge is 2.26. The van der Waals surface area contributed by atoms with E-state index in [1.807, 2.05) is 0 Å². The summed E-state index contributed by atoms with van der Waals surface area (Å²) in [5, 5.41) is 10.1. The Morgan fingerprint density at radius 3 is 2.54 bits per heavy atom. The van der Waals surface area contributed by atoms with Gasteiger partial charge < -0.3 is 4.74 Å². The maximum atomic E-state index is 12.4. The van der Waals surface area contributed by atoms with Gasteiger partial charge in [-0.05, 0) is 12.1 Å². The van der Waals surface area contributed by atoms with Crippen molar-refractivity contribution < 1.29 is 17.9 Å². The molecule has 1 amide bonds. The minimum atomic E-state index is -3.69. The molecule has 0 aliphatic rings. The first-order valence-electron chi connectivity index (χ1n) is 7.22. The zero-order valence-electron chi connectivity index (χ0n) is 13.5. The van der Waals surface area contributed by atoms with Gasteiger partial charge in [0.15, 0.2) is 0 Å². The summed E-state index contributed by atoms with van der Waals surface area (Å²) in [6.07, 6.45) is 0. The van der Waals surface area contributed by atoms with Gasteiger partial charge in [-0.2, -0.15) is 4.31 Å². The smallest absolute Gasteiger partial charge is 0.272 e. The lowest BCUT2D eigenvalue weighted by atomic mass is 10.2. The van der Waals surface area contributed by atoms with E-state index in [0.29, 0.717) is 24.4 Å². The lowest BCUT2D eigenvalue weighted by molar-refractivity contribution is 0.102. The molecule has 0 fully saturated rings. The third kappa shape index (κ3) is 3.71. The standard InChI is InChI=1S/C14H18N4O4S2/c1-4-18(5-2)24(20,21)14-17-16-13(23-14)15-12(19)10-8-6-7-9-11(10)22-3/h6-9H,4-5H2,1-3H3,(H,15,16,19). The second kappa shape index (κ2) is 7.69. The van der Waals surface area contributed by atoms with Crippen LogP contribution < -0.4 is 10.1 Å². The summed E-state index contributed by atoms with van der Waals surface area (Å²) >= 11 is 0.811. The van der Waals surface area contributed by atoms with Crippen LogP contribution >= 0.6 is 11.3 Å². The molecule has 0 saturated carbocycles. The number of rotatable bonds is 7. The molecule has 130 valence electrons. The summed E-state index contributed by atoms with van der Waals surface area (Å²) in [6, 6.07) is 6.71. The van der Waals surface area contributed by atoms with E-state index in [2.05, 4.69) is 15.5 Å². The van der Waals surface area contributed by atoms with E-state index in [1.165, 1.54) is 11.4 Å². The Hall–Kier alpha value is -2.04. The van der Waals surface area contributed by atoms with E-state index < -0.39 is 15.9 Å². The molecule has 1 heterocycles. The average molecular weight is 370 g/mol. The fourth-order valence-electron chi connectivity index (χ4n) is 2.04. The number of carbonyl (C=O) groups is 1. The third-order valence-electron chi connectivity index (χ3n) is 3.24. The van der Waals surface area contributed by atoms with Crippen molar-refractivity contribution >= 4 is 32.4 Å². The van der Waals surface area contributed by atoms with Crippen molar-refractivity contribution in [3.63, 3.8) is 0 Å². The first-order chi connectivity index (χ1) is 11.4. The molecule has 0 unspecified atom stereocenters. The van der Waals surface area contributed by atoms with Crippen molar-refractivity contribution in [1.82, 2.24) is 14.5 Å². The minimum Gasteiger partial charge on any atom is -0.496 e. The lowest BCUT2D eigenvalue weighted by Crippen LogP contribution is -2.30. The summed E-state index contributed by atoms with van der Waals surface area (Å²) in [4.78, 5) is 12.3. The van der Waals surface area contributed by atoms with Crippen molar-refractivity contribution in [3.05, 3.63) is 29.8 Å². The normalized spacial score (nSPS) is 11.5. The maximum absolute atomic E-state index is 12.4. The fraction of sp³-hybridized carbons (Fsp3) is 0.357. The second-order valence-corrected chi connectivity index (χ2v) is 7.71. The van der Waals surface area contributed by atoms with Gasteiger partial charge in [0.25, 0.3) is 15.9 Å². The van der Waals surface area contributed by atoms with Gasteiger partial charge in [0.1, 0.15) is 5.75 Å². The number of nitrogens with zero attached hydrogens (tertiary/aromatic N) is 3. The van der Waals surface area contributed by atoms with Crippen LogP contribution in [0.1, 0.15) is 24.2 Å². The molecule has 24 heavy (non-hydrogen) atoms. The largest absolute Gasteiger partial charge is 0.496 e. The van der Waals surface area contributed by atoms with E-state index in [0.717, 1.165) is 11.3 Å². The van der Waals surface area contributed by atoms with Gasteiger partial charge in [-0.15, -0.1) is 10.2 Å². The predicted molar refractivity (Wildman–Crippen MR) is 91.0 cm³/mol. The molecule has 0 spiro atoms. The van der Waals surface area contributed by atoms with Gasteiger partial charge in [-0.3, -0.25) is 10.1 Å². The minimum absolute atomic E-state index is 0.108. The maximum Gasteiger partial charge on any atom is 0.272 e. The SMILES string of the molecule is CCN(CC)S(=O)(=O)c1nnc(NC(=O)c2ccccc2OC)s1. The van der Waals surface area contributed by atoms with Gasteiger partial charge in [-0.1, -0.05) is 37.3 Å². The molecule has 8 nitrogen and oxygen atoms in total. The lowest BCUT2D eigenvalue weighted by Gasteiger charge is -2.15. The van der Waals surface area contributed by atoms with E-state index in [-0.39, 0.29) is 9.47 Å². The van der Waals surface area contributed by atoms with Crippen molar-refractivity contribution in [2.45, 2.75) is 18.2 Å². The number of nitrogens with one attached hydrogen (secondary N) is 1. The fourth-order valence-corrected chi connectivity index (χ4v) is 4.53. The quantitative estimate of drug-likeness (QED) is 0.746. The molecule has 10 heteroatoms. The van der Waals surface area contributed by atoms with Gasteiger partial charge >= 0.3 is 0 Å². The molecule has 0 aliphatic heterocycles. The number of sulfonamides is 1. The first-order valence-corrected chi connectivity index (χ1v) is 9.47. The van der Waals surface area contributed by atoms with E-state index >= 15 is 0 Å². The number of benzene rings is 1. The summed E-state index contributed by atoms with van der Waals surface area (Å²) in [6.45, 7) is 4.15. The summed E-state index contributed by atoms with van der Waals surface area (Å²) in [5.74, 6) is -0.0362. The monoisotopic (exact) mass is 370 g/mol. The number of amides is 1. The van der Waals surface area contributed by atoms with E-state index in [4.69, 9.17) is 4.74 Å². The van der Waals surface area contributed by atoms with Crippen molar-refractivity contribution in [3.8, 4) is 5.75 Å². The Bertz CT molecular complexity index is 816. The Labute approximate surface area is 144 Å². The highest BCUT2D eigenvalue weighted by atomic mass is 32.2. The number of para-hydroxylation sites is 1. The molecule has 0 atom stereocenters. The number of hydrogen-bond donors (Lipinski definition) is 1. The van der Waals surface area contributed by atoms with Crippen LogP contribution in [0.15, 0.2) is 28.6 Å². The third-order valence-corrected chi connectivity index (χ3v) is 6.48. The molecule has 1 aromatic heterocycles. The number of ether oxygens (including phenoxy) is 1. The van der Waals surface area contributed by atoms with Crippen molar-refractivity contribution in [1.29, 1.82) is 0 Å². The predicted octanol–water partition coefficient (Wildman–Crippen LogP) is 1.83. The van der Waals surface area contributed by atoms with Crippen LogP contribution in [0.3, 0.4) is 0 Å². The topological polar surface area (TPSA) is 101 Å². The summed E-state index contributed by atoms with van der Waals surface area (Å²) in [5.41, 5.74) is 0.323. The molecule has 1 N–H and O–H groups in total. The molecule has 0 aliphatic carbocycles. The molecule has 0 radical (unpaired) electrons. The van der Waals surface area contributed by atoms with Crippen LogP contribution in [-0.4, -0.2) is 49.0 Å². The molecule has 2 rings (SSSR count). The first kappa shape index (κ1) is 18.3. The zero-order valence-corrected chi connectivity index (χ0v) is 15.1. The molecule has 0 bridgehead atoms. The Balaban J connectivity index is 2.21. The van der Waals surface area contributed by atoms with Crippen LogP contribution in [0.25, 0.3) is 0 Å². The second-order valence-electron chi connectivity index (χ2n) is 4.62. The molecule has 1 aromatic carbocycles. The van der Waals surface area contributed by atoms with E-state index in [9.17, 15) is 13.2 Å². The van der Waals surface area contributed by atoms with Crippen LogP contribution in [0.5, 0.6) is 5.75 Å². The summed E-state index contributed by atoms with van der Waals surface area (Å²) < 4.78 is 31.0. The zero-order chi connectivity index (χ0) is 17.7. The van der Waals surface area contributed by atoms with Crippen molar-refractivity contribution in [2.75, 3.05) is 25.5 Å². The summed E-state index contributed by atoms with van der Waals surface area (Å²) in [7, 11) is -2.23. The van der Waals surface area contributed by atoms with Crippen LogP contribution in [0, 0.1) is 0 Å². The van der Waals surface area contributed by atoms with Crippen LogP contribution in [0.4, 0.5) is 5.13 Å². The van der Waals surface area contributed by atoms with E-state index in [1.54, 1.807) is 38.1 Å². The Morgan fingerprint density at radius 2 is 1.92 bits per heavy atom. The number of aromatic nitrogens is 2. The highest BCUT2D eigenvalue weighted by Crippen LogP contribution is 2.25. The van der Waals surface area contributed by atoms with Crippen LogP contribution in [0.2, 0.25) is 0 Å². The molecular weight excluding hydrogens is 352 g/mol.